The molecule has 0 saturated heterocycles. The van der Waals surface area contributed by atoms with Gasteiger partial charge in [-0.2, -0.15) is 0 Å². The van der Waals surface area contributed by atoms with Crippen LogP contribution in [0.5, 0.6) is 11.5 Å². The Bertz CT molecular complexity index is 700. The Morgan fingerprint density at radius 2 is 1.93 bits per heavy atom. The van der Waals surface area contributed by atoms with Crippen LogP contribution in [0.1, 0.15) is 50.7 Å². The Morgan fingerprint density at radius 3 is 2.59 bits per heavy atom. The van der Waals surface area contributed by atoms with Gasteiger partial charge in [0.2, 0.25) is 11.8 Å². The van der Waals surface area contributed by atoms with Crippen molar-refractivity contribution >= 4 is 17.9 Å². The zero-order valence-corrected chi connectivity index (χ0v) is 16.7. The lowest BCUT2D eigenvalue weighted by Gasteiger charge is -2.19. The Labute approximate surface area is 161 Å². The Hall–Kier alpha value is -2.50. The summed E-state index contributed by atoms with van der Waals surface area (Å²) < 4.78 is 10.6. The van der Waals surface area contributed by atoms with E-state index in [1.807, 2.05) is 25.1 Å². The van der Waals surface area contributed by atoms with E-state index in [9.17, 15) is 9.59 Å². The van der Waals surface area contributed by atoms with E-state index in [4.69, 9.17) is 9.47 Å². The van der Waals surface area contributed by atoms with E-state index < -0.39 is 0 Å². The molecular weight excluding hydrogens is 344 g/mol. The maximum atomic E-state index is 12.6. The summed E-state index contributed by atoms with van der Waals surface area (Å²) in [7, 11) is 3.14. The first-order valence-electron chi connectivity index (χ1n) is 9.50. The number of nitrogens with zero attached hydrogens (tertiary/aromatic N) is 1. The number of ether oxygens (including phenoxy) is 2. The second-order valence-corrected chi connectivity index (χ2v) is 6.88. The topological polar surface area (TPSA) is 67.9 Å². The molecule has 0 aliphatic carbocycles. The van der Waals surface area contributed by atoms with Gasteiger partial charge in [-0.05, 0) is 42.7 Å². The molecule has 6 heteroatoms. The van der Waals surface area contributed by atoms with Crippen molar-refractivity contribution < 1.29 is 19.1 Å². The fraction of sp³-hybridized carbons (Fsp3) is 0.524. The number of carbonyl (C=O) groups is 2. The van der Waals surface area contributed by atoms with Gasteiger partial charge in [-0.15, -0.1) is 0 Å². The van der Waals surface area contributed by atoms with Gasteiger partial charge in [0.1, 0.15) is 6.54 Å². The molecule has 1 aromatic carbocycles. The first-order chi connectivity index (χ1) is 13.0. The predicted molar refractivity (Wildman–Crippen MR) is 106 cm³/mol. The molecule has 2 rings (SSSR count). The van der Waals surface area contributed by atoms with Gasteiger partial charge < -0.3 is 19.7 Å². The first kappa shape index (κ1) is 20.8. The average Bonchev–Trinajstić information content (AvgIpc) is 2.79. The number of amides is 2. The number of unbranched alkanes of at least 4 members (excludes halogenated alkanes) is 2. The van der Waals surface area contributed by atoms with Crippen LogP contribution in [0.15, 0.2) is 18.3 Å². The molecule has 1 aliphatic heterocycles. The van der Waals surface area contributed by atoms with E-state index in [1.165, 1.54) is 11.3 Å². The van der Waals surface area contributed by atoms with E-state index >= 15 is 0 Å². The van der Waals surface area contributed by atoms with E-state index in [0.717, 1.165) is 30.4 Å². The third kappa shape index (κ3) is 5.74. The molecule has 6 nitrogen and oxygen atoms in total. The van der Waals surface area contributed by atoms with Gasteiger partial charge in [-0.1, -0.05) is 26.2 Å². The van der Waals surface area contributed by atoms with E-state index in [-0.39, 0.29) is 30.8 Å². The van der Waals surface area contributed by atoms with Crippen LogP contribution in [0.3, 0.4) is 0 Å². The van der Waals surface area contributed by atoms with Crippen molar-refractivity contribution in [2.45, 2.75) is 52.0 Å². The number of methoxy groups -OCH3 is 2. The summed E-state index contributed by atoms with van der Waals surface area (Å²) in [5.74, 6) is 0.939. The summed E-state index contributed by atoms with van der Waals surface area (Å²) in [6.07, 6.45) is 8.08. The normalized spacial score (nSPS) is 14.4. The second-order valence-electron chi connectivity index (χ2n) is 6.88. The Balaban J connectivity index is 2.02. The molecule has 0 unspecified atom stereocenters. The van der Waals surface area contributed by atoms with Gasteiger partial charge in [0.05, 0.1) is 20.6 Å². The van der Waals surface area contributed by atoms with Crippen molar-refractivity contribution in [1.82, 2.24) is 10.2 Å². The van der Waals surface area contributed by atoms with Gasteiger partial charge in [-0.3, -0.25) is 9.59 Å². The number of carbonyl (C=O) groups excluding carboxylic acids is 2. The van der Waals surface area contributed by atoms with E-state index in [2.05, 4.69) is 12.2 Å². The van der Waals surface area contributed by atoms with Crippen LogP contribution >= 0.6 is 0 Å². The summed E-state index contributed by atoms with van der Waals surface area (Å²) in [6, 6.07) is 3.77. The summed E-state index contributed by atoms with van der Waals surface area (Å²) in [6.45, 7) is 4.18. The van der Waals surface area contributed by atoms with Gasteiger partial charge in [-0.25, -0.2) is 0 Å². The van der Waals surface area contributed by atoms with Gasteiger partial charge in [0.15, 0.2) is 11.5 Å². The standard InChI is InChI=1S/C21H30N2O4/c1-5-6-7-8-15(2)22-20(24)14-23-10-9-16-11-18(26-3)19(27-4)12-17(16)13-21(23)25/h9-12,15H,5-8,13-14H2,1-4H3,(H,22,24)/t15-/m1/s1. The number of fused-ring (bicyclic) bond motifs is 1. The van der Waals surface area contributed by atoms with Crippen molar-refractivity contribution in [3.63, 3.8) is 0 Å². The highest BCUT2D eigenvalue weighted by Crippen LogP contribution is 2.32. The molecule has 0 spiro atoms. The molecule has 1 N–H and O–H groups in total. The van der Waals surface area contributed by atoms with Crippen molar-refractivity contribution in [3.05, 3.63) is 29.5 Å². The predicted octanol–water partition coefficient (Wildman–Crippen LogP) is 3.14. The lowest BCUT2D eigenvalue weighted by atomic mass is 10.0. The molecule has 1 aliphatic rings. The fourth-order valence-corrected chi connectivity index (χ4v) is 3.15. The molecule has 0 aromatic heterocycles. The molecule has 148 valence electrons. The third-order valence-corrected chi connectivity index (χ3v) is 4.70. The molecule has 1 aromatic rings. The monoisotopic (exact) mass is 374 g/mol. The zero-order valence-electron chi connectivity index (χ0n) is 16.7. The molecule has 0 fully saturated rings. The largest absolute Gasteiger partial charge is 0.493 e. The van der Waals surface area contributed by atoms with Crippen LogP contribution in [0.4, 0.5) is 0 Å². The SMILES string of the molecule is CCCCC[C@@H](C)NC(=O)CN1C=Cc2cc(OC)c(OC)cc2CC1=O. The minimum atomic E-state index is -0.141. The van der Waals surface area contributed by atoms with Crippen molar-refractivity contribution in [2.75, 3.05) is 20.8 Å². The van der Waals surface area contributed by atoms with E-state index in [0.29, 0.717) is 11.5 Å². The molecule has 1 atom stereocenters. The van der Waals surface area contributed by atoms with Gasteiger partial charge in [0.25, 0.3) is 0 Å². The minimum Gasteiger partial charge on any atom is -0.493 e. The average molecular weight is 374 g/mol. The highest BCUT2D eigenvalue weighted by Gasteiger charge is 2.21. The van der Waals surface area contributed by atoms with Gasteiger partial charge in [0, 0.05) is 12.2 Å². The Morgan fingerprint density at radius 1 is 1.22 bits per heavy atom. The minimum absolute atomic E-state index is 0.0235. The quantitative estimate of drug-likeness (QED) is 0.674. The van der Waals surface area contributed by atoms with Gasteiger partial charge >= 0.3 is 0 Å². The van der Waals surface area contributed by atoms with E-state index in [1.54, 1.807) is 20.4 Å². The number of hydrogen-bond acceptors (Lipinski definition) is 4. The third-order valence-electron chi connectivity index (χ3n) is 4.70. The fourth-order valence-electron chi connectivity index (χ4n) is 3.15. The number of nitrogens with one attached hydrogen (secondary N) is 1. The first-order valence-corrected chi connectivity index (χ1v) is 9.50. The van der Waals surface area contributed by atoms with Crippen LogP contribution in [-0.4, -0.2) is 43.5 Å². The van der Waals surface area contributed by atoms with Crippen LogP contribution < -0.4 is 14.8 Å². The van der Waals surface area contributed by atoms with Crippen LogP contribution in [0, 0.1) is 0 Å². The summed E-state index contributed by atoms with van der Waals surface area (Å²) >= 11 is 0. The maximum Gasteiger partial charge on any atom is 0.240 e. The second kappa shape index (κ2) is 10.00. The summed E-state index contributed by atoms with van der Waals surface area (Å²) in [5.41, 5.74) is 1.74. The number of benzene rings is 1. The number of hydrogen-bond donors (Lipinski definition) is 1. The number of rotatable bonds is 9. The van der Waals surface area contributed by atoms with Crippen molar-refractivity contribution in [1.29, 1.82) is 0 Å². The lowest BCUT2D eigenvalue weighted by molar-refractivity contribution is -0.133. The van der Waals surface area contributed by atoms with Crippen molar-refractivity contribution in [3.8, 4) is 11.5 Å². The van der Waals surface area contributed by atoms with Crippen LogP contribution in [0.25, 0.3) is 6.08 Å². The molecule has 1 heterocycles. The molecule has 0 saturated carbocycles. The van der Waals surface area contributed by atoms with Crippen LogP contribution in [-0.2, 0) is 16.0 Å². The molecule has 27 heavy (non-hydrogen) atoms. The molecular formula is C21H30N2O4. The van der Waals surface area contributed by atoms with Crippen LogP contribution in [0.2, 0.25) is 0 Å². The highest BCUT2D eigenvalue weighted by atomic mass is 16.5. The molecule has 0 bridgehead atoms. The van der Waals surface area contributed by atoms with Crippen molar-refractivity contribution in [2.24, 2.45) is 0 Å². The molecule has 2 amide bonds. The Kier molecular flexibility index (Phi) is 7.70. The molecule has 0 radical (unpaired) electrons. The summed E-state index contributed by atoms with van der Waals surface area (Å²) in [5, 5.41) is 2.98. The maximum absolute atomic E-state index is 12.6. The lowest BCUT2D eigenvalue weighted by Crippen LogP contribution is -2.41. The zero-order chi connectivity index (χ0) is 19.8. The summed E-state index contributed by atoms with van der Waals surface area (Å²) in [4.78, 5) is 26.4. The smallest absolute Gasteiger partial charge is 0.240 e. The highest BCUT2D eigenvalue weighted by molar-refractivity contribution is 5.89.